The highest BCUT2D eigenvalue weighted by Gasteiger charge is 2.24. The van der Waals surface area contributed by atoms with Gasteiger partial charge >= 0.3 is 0 Å². The summed E-state index contributed by atoms with van der Waals surface area (Å²) in [6.45, 7) is 4.11. The zero-order valence-electron chi connectivity index (χ0n) is 6.58. The van der Waals surface area contributed by atoms with E-state index in [1.165, 1.54) is 0 Å². The van der Waals surface area contributed by atoms with Gasteiger partial charge in [0.2, 0.25) is 0 Å². The number of likely N-dealkylation sites (tertiary alicyclic amines) is 1. The molecule has 0 bridgehead atoms. The minimum absolute atomic E-state index is 0.0659. The summed E-state index contributed by atoms with van der Waals surface area (Å²) in [5, 5.41) is 3.09. The van der Waals surface area contributed by atoms with Gasteiger partial charge in [-0.05, 0) is 19.4 Å². The van der Waals surface area contributed by atoms with Gasteiger partial charge < -0.3 is 4.90 Å². The Kier molecular flexibility index (Phi) is 2.38. The minimum atomic E-state index is 0.0659. The van der Waals surface area contributed by atoms with Crippen LogP contribution in [0.5, 0.6) is 0 Å². The maximum Gasteiger partial charge on any atom is 0.0969 e. The van der Waals surface area contributed by atoms with Crippen LogP contribution in [-0.4, -0.2) is 31.1 Å². The number of rotatable bonds is 1. The van der Waals surface area contributed by atoms with Gasteiger partial charge in [-0.25, -0.2) is 0 Å². The molecule has 3 heteroatoms. The van der Waals surface area contributed by atoms with Gasteiger partial charge in [-0.3, -0.25) is 0 Å². The number of nitrogens with zero attached hydrogens (tertiary/aromatic N) is 2. The van der Waals surface area contributed by atoms with Crippen molar-refractivity contribution >= 4 is 0 Å². The Morgan fingerprint density at radius 1 is 1.60 bits per heavy atom. The third kappa shape index (κ3) is 1.53. The van der Waals surface area contributed by atoms with Crippen LogP contribution < -0.4 is 0 Å². The molecular formula is C7H14N2O. The van der Waals surface area contributed by atoms with E-state index in [9.17, 15) is 4.91 Å². The molecule has 0 radical (unpaired) electrons. The lowest BCUT2D eigenvalue weighted by Crippen LogP contribution is -2.38. The van der Waals surface area contributed by atoms with Crippen LogP contribution in [0.15, 0.2) is 5.18 Å². The van der Waals surface area contributed by atoms with Crippen LogP contribution in [0.4, 0.5) is 0 Å². The van der Waals surface area contributed by atoms with E-state index in [1.807, 2.05) is 0 Å². The summed E-state index contributed by atoms with van der Waals surface area (Å²) in [5.74, 6) is 0.441. The summed E-state index contributed by atoms with van der Waals surface area (Å²) in [7, 11) is 2.08. The fraction of sp³-hybridized carbons (Fsp3) is 1.00. The molecule has 0 N–H and O–H groups in total. The first kappa shape index (κ1) is 7.66. The van der Waals surface area contributed by atoms with Gasteiger partial charge in [0.05, 0.1) is 6.04 Å². The van der Waals surface area contributed by atoms with E-state index >= 15 is 0 Å². The third-order valence-electron chi connectivity index (χ3n) is 2.20. The monoisotopic (exact) mass is 142 g/mol. The second-order valence-corrected chi connectivity index (χ2v) is 3.20. The number of nitroso groups, excluding NO2 is 1. The van der Waals surface area contributed by atoms with Crippen LogP contribution in [0.1, 0.15) is 13.3 Å². The lowest BCUT2D eigenvalue weighted by atomic mass is 9.95. The molecule has 10 heavy (non-hydrogen) atoms. The van der Waals surface area contributed by atoms with Crippen molar-refractivity contribution in [1.82, 2.24) is 4.90 Å². The highest BCUT2D eigenvalue weighted by Crippen LogP contribution is 2.17. The molecule has 58 valence electrons. The summed E-state index contributed by atoms with van der Waals surface area (Å²) < 4.78 is 0. The van der Waals surface area contributed by atoms with Gasteiger partial charge in [0, 0.05) is 13.1 Å². The molecule has 2 unspecified atom stereocenters. The highest BCUT2D eigenvalue weighted by atomic mass is 16.3. The third-order valence-corrected chi connectivity index (χ3v) is 2.20. The number of hydrogen-bond donors (Lipinski definition) is 0. The average Bonchev–Trinajstić information content (AvgIpc) is 1.88. The Bertz CT molecular complexity index is 127. The maximum absolute atomic E-state index is 10.2. The van der Waals surface area contributed by atoms with E-state index in [1.54, 1.807) is 0 Å². The van der Waals surface area contributed by atoms with Crippen molar-refractivity contribution in [1.29, 1.82) is 0 Å². The smallest absolute Gasteiger partial charge is 0.0969 e. The number of piperidine rings is 1. The Morgan fingerprint density at radius 3 is 2.80 bits per heavy atom. The van der Waals surface area contributed by atoms with Crippen molar-refractivity contribution in [3.8, 4) is 0 Å². The molecule has 0 amide bonds. The fourth-order valence-electron chi connectivity index (χ4n) is 1.50. The average molecular weight is 142 g/mol. The zero-order chi connectivity index (χ0) is 7.56. The van der Waals surface area contributed by atoms with Crippen molar-refractivity contribution in [2.24, 2.45) is 11.1 Å². The zero-order valence-corrected chi connectivity index (χ0v) is 6.58. The Hall–Kier alpha value is -0.440. The lowest BCUT2D eigenvalue weighted by molar-refractivity contribution is 0.197. The van der Waals surface area contributed by atoms with E-state index in [0.29, 0.717) is 5.92 Å². The van der Waals surface area contributed by atoms with E-state index in [0.717, 1.165) is 19.5 Å². The highest BCUT2D eigenvalue weighted by molar-refractivity contribution is 4.80. The lowest BCUT2D eigenvalue weighted by Gasteiger charge is -2.30. The van der Waals surface area contributed by atoms with Crippen molar-refractivity contribution in [3.63, 3.8) is 0 Å². The molecular weight excluding hydrogens is 128 g/mol. The van der Waals surface area contributed by atoms with Gasteiger partial charge in [0.15, 0.2) is 0 Å². The normalized spacial score (nSPS) is 35.8. The van der Waals surface area contributed by atoms with Gasteiger partial charge in [-0.2, -0.15) is 4.91 Å². The second-order valence-electron chi connectivity index (χ2n) is 3.20. The van der Waals surface area contributed by atoms with Crippen molar-refractivity contribution in [2.75, 3.05) is 20.1 Å². The fourth-order valence-corrected chi connectivity index (χ4v) is 1.50. The van der Waals surface area contributed by atoms with Crippen LogP contribution in [0.25, 0.3) is 0 Å². The Labute approximate surface area is 61.4 Å². The molecule has 0 aromatic rings. The van der Waals surface area contributed by atoms with Crippen LogP contribution in [0.2, 0.25) is 0 Å². The molecule has 0 aromatic heterocycles. The van der Waals surface area contributed by atoms with Gasteiger partial charge in [-0.1, -0.05) is 12.1 Å². The van der Waals surface area contributed by atoms with E-state index in [4.69, 9.17) is 0 Å². The van der Waals surface area contributed by atoms with Crippen molar-refractivity contribution in [3.05, 3.63) is 4.91 Å². The van der Waals surface area contributed by atoms with Gasteiger partial charge in [0.25, 0.3) is 0 Å². The quantitative estimate of drug-likeness (QED) is 0.513. The first-order valence-corrected chi connectivity index (χ1v) is 3.75. The molecule has 0 aliphatic carbocycles. The first-order valence-electron chi connectivity index (χ1n) is 3.75. The largest absolute Gasteiger partial charge is 0.306 e. The molecule has 1 aliphatic rings. The predicted octanol–water partition coefficient (Wildman–Crippen LogP) is 1.09. The summed E-state index contributed by atoms with van der Waals surface area (Å²) >= 11 is 0. The molecule has 2 atom stereocenters. The molecule has 1 fully saturated rings. The van der Waals surface area contributed by atoms with Crippen LogP contribution in [0.3, 0.4) is 0 Å². The van der Waals surface area contributed by atoms with E-state index in [2.05, 4.69) is 24.0 Å². The molecule has 3 nitrogen and oxygen atoms in total. The first-order chi connectivity index (χ1) is 4.74. The molecule has 0 saturated carbocycles. The van der Waals surface area contributed by atoms with E-state index < -0.39 is 0 Å². The minimum Gasteiger partial charge on any atom is -0.306 e. The van der Waals surface area contributed by atoms with Crippen LogP contribution in [0, 0.1) is 10.8 Å². The van der Waals surface area contributed by atoms with E-state index in [-0.39, 0.29) is 6.04 Å². The standard InChI is InChI=1S/C7H14N2O/c1-6-5-9(2)4-3-7(6)8-10/h6-7H,3-5H2,1-2H3. The molecule has 1 heterocycles. The second kappa shape index (κ2) is 3.10. The van der Waals surface area contributed by atoms with Crippen molar-refractivity contribution < 1.29 is 0 Å². The van der Waals surface area contributed by atoms with Crippen LogP contribution >= 0.6 is 0 Å². The predicted molar refractivity (Wildman–Crippen MR) is 40.9 cm³/mol. The van der Waals surface area contributed by atoms with Gasteiger partial charge in [-0.15, -0.1) is 0 Å². The Morgan fingerprint density at radius 2 is 2.30 bits per heavy atom. The summed E-state index contributed by atoms with van der Waals surface area (Å²) in [6, 6.07) is 0.0659. The summed E-state index contributed by atoms with van der Waals surface area (Å²) in [5.41, 5.74) is 0. The molecule has 0 spiro atoms. The molecule has 1 rings (SSSR count). The number of hydrogen-bond acceptors (Lipinski definition) is 3. The molecule has 1 saturated heterocycles. The topological polar surface area (TPSA) is 32.7 Å². The Balaban J connectivity index is 2.43. The molecule has 0 aromatic carbocycles. The van der Waals surface area contributed by atoms with Gasteiger partial charge in [0.1, 0.15) is 0 Å². The maximum atomic E-state index is 10.2. The SMILES string of the molecule is CC1CN(C)CCC1N=O. The van der Waals surface area contributed by atoms with Crippen LogP contribution in [-0.2, 0) is 0 Å². The summed E-state index contributed by atoms with van der Waals surface area (Å²) in [6.07, 6.45) is 0.932. The van der Waals surface area contributed by atoms with Crippen molar-refractivity contribution in [2.45, 2.75) is 19.4 Å². The molecule has 1 aliphatic heterocycles. The summed E-state index contributed by atoms with van der Waals surface area (Å²) in [4.78, 5) is 12.5.